The molecule has 2 aromatic rings. The first-order valence-corrected chi connectivity index (χ1v) is 10.2. The third kappa shape index (κ3) is 4.39. The van der Waals surface area contributed by atoms with Crippen LogP contribution in [0.25, 0.3) is 16.0 Å². The van der Waals surface area contributed by atoms with E-state index in [2.05, 4.69) is 23.6 Å². The summed E-state index contributed by atoms with van der Waals surface area (Å²) >= 11 is 1.70. The molecular formula is C23H25NO2S. The molecule has 1 aromatic heterocycles. The molecule has 0 amide bonds. The maximum absolute atomic E-state index is 10.1. The van der Waals surface area contributed by atoms with Gasteiger partial charge in [0, 0.05) is 4.88 Å². The zero-order valence-corrected chi connectivity index (χ0v) is 16.8. The molecule has 1 aliphatic carbocycles. The lowest BCUT2D eigenvalue weighted by Gasteiger charge is -2.08. The van der Waals surface area contributed by atoms with Gasteiger partial charge >= 0.3 is 0 Å². The SMILES string of the molecule is C/C=C(\C=C(\C#N)COC(C)C)c1csc(-c2cccc3c2CCC3O)c1. The van der Waals surface area contributed by atoms with Crippen LogP contribution in [0, 0.1) is 11.3 Å². The van der Waals surface area contributed by atoms with Crippen LogP contribution in [0.5, 0.6) is 0 Å². The number of ether oxygens (including phenoxy) is 1. The molecule has 0 fully saturated rings. The molecule has 0 radical (unpaired) electrons. The van der Waals surface area contributed by atoms with E-state index in [1.807, 2.05) is 45.1 Å². The van der Waals surface area contributed by atoms with E-state index in [0.29, 0.717) is 12.2 Å². The molecule has 0 aliphatic heterocycles. The number of hydrogen-bond donors (Lipinski definition) is 1. The van der Waals surface area contributed by atoms with Crippen molar-refractivity contribution in [3.05, 3.63) is 64.1 Å². The number of benzene rings is 1. The van der Waals surface area contributed by atoms with Gasteiger partial charge < -0.3 is 9.84 Å². The summed E-state index contributed by atoms with van der Waals surface area (Å²) < 4.78 is 5.57. The summed E-state index contributed by atoms with van der Waals surface area (Å²) in [6, 6.07) is 10.6. The maximum atomic E-state index is 10.1. The summed E-state index contributed by atoms with van der Waals surface area (Å²) in [5.74, 6) is 0. The molecule has 27 heavy (non-hydrogen) atoms. The van der Waals surface area contributed by atoms with Gasteiger partial charge in [-0.05, 0) is 79.0 Å². The van der Waals surface area contributed by atoms with Crippen molar-refractivity contribution in [2.24, 2.45) is 0 Å². The summed E-state index contributed by atoms with van der Waals surface area (Å²) in [6.07, 6.45) is 5.41. The summed E-state index contributed by atoms with van der Waals surface area (Å²) in [7, 11) is 0. The van der Waals surface area contributed by atoms with Crippen molar-refractivity contribution in [1.29, 1.82) is 5.26 Å². The molecule has 1 aromatic carbocycles. The van der Waals surface area contributed by atoms with Crippen molar-refractivity contribution in [1.82, 2.24) is 0 Å². The number of nitriles is 1. The Labute approximate surface area is 165 Å². The van der Waals surface area contributed by atoms with E-state index in [9.17, 15) is 10.4 Å². The van der Waals surface area contributed by atoms with Crippen molar-refractivity contribution in [3.63, 3.8) is 0 Å². The largest absolute Gasteiger partial charge is 0.388 e. The first-order chi connectivity index (χ1) is 13.0. The lowest BCUT2D eigenvalue weighted by Crippen LogP contribution is -2.05. The Kier molecular flexibility index (Phi) is 6.28. The highest BCUT2D eigenvalue weighted by molar-refractivity contribution is 7.13. The van der Waals surface area contributed by atoms with Crippen LogP contribution in [0.15, 0.2) is 47.4 Å². The zero-order chi connectivity index (χ0) is 19.4. The predicted octanol–water partition coefficient (Wildman–Crippen LogP) is 5.67. The van der Waals surface area contributed by atoms with Crippen molar-refractivity contribution in [3.8, 4) is 16.5 Å². The highest BCUT2D eigenvalue weighted by Crippen LogP contribution is 2.40. The number of hydrogen-bond acceptors (Lipinski definition) is 4. The lowest BCUT2D eigenvalue weighted by atomic mass is 10.00. The molecule has 140 valence electrons. The number of aliphatic hydroxyl groups is 1. The number of aliphatic hydroxyl groups excluding tert-OH is 1. The van der Waals surface area contributed by atoms with Gasteiger partial charge in [-0.1, -0.05) is 24.3 Å². The molecule has 3 nitrogen and oxygen atoms in total. The van der Waals surface area contributed by atoms with Gasteiger partial charge in [-0.15, -0.1) is 11.3 Å². The minimum atomic E-state index is -0.340. The van der Waals surface area contributed by atoms with Gasteiger partial charge in [0.05, 0.1) is 30.5 Å². The van der Waals surface area contributed by atoms with Crippen LogP contribution in [0.4, 0.5) is 0 Å². The topological polar surface area (TPSA) is 53.2 Å². The molecule has 1 aliphatic rings. The summed E-state index contributed by atoms with van der Waals surface area (Å²) in [6.45, 7) is 6.24. The Morgan fingerprint density at radius 3 is 2.96 bits per heavy atom. The second-order valence-corrected chi connectivity index (χ2v) is 7.92. The van der Waals surface area contributed by atoms with Gasteiger partial charge in [-0.2, -0.15) is 5.26 Å². The number of nitrogens with zero attached hydrogens (tertiary/aromatic N) is 1. The van der Waals surface area contributed by atoms with Gasteiger partial charge in [0.15, 0.2) is 0 Å². The zero-order valence-electron chi connectivity index (χ0n) is 16.0. The van der Waals surface area contributed by atoms with Gasteiger partial charge in [-0.25, -0.2) is 0 Å². The second kappa shape index (κ2) is 8.67. The van der Waals surface area contributed by atoms with E-state index in [4.69, 9.17) is 4.74 Å². The molecule has 0 saturated heterocycles. The summed E-state index contributed by atoms with van der Waals surface area (Å²) in [4.78, 5) is 1.20. The van der Waals surface area contributed by atoms with Crippen LogP contribution in [0.1, 0.15) is 50.0 Å². The van der Waals surface area contributed by atoms with Crippen LogP contribution < -0.4 is 0 Å². The highest BCUT2D eigenvalue weighted by atomic mass is 32.1. The third-order valence-electron chi connectivity index (χ3n) is 4.79. The van der Waals surface area contributed by atoms with Crippen molar-refractivity contribution in [2.45, 2.75) is 45.8 Å². The number of thiophene rings is 1. The van der Waals surface area contributed by atoms with Crippen LogP contribution >= 0.6 is 11.3 Å². The van der Waals surface area contributed by atoms with Crippen LogP contribution in [0.3, 0.4) is 0 Å². The molecular weight excluding hydrogens is 354 g/mol. The molecule has 1 unspecified atom stereocenters. The average molecular weight is 380 g/mol. The number of fused-ring (bicyclic) bond motifs is 1. The molecule has 0 bridgehead atoms. The highest BCUT2D eigenvalue weighted by Gasteiger charge is 2.23. The van der Waals surface area contributed by atoms with E-state index in [1.54, 1.807) is 11.3 Å². The Hall–Kier alpha value is -2.19. The predicted molar refractivity (Wildman–Crippen MR) is 111 cm³/mol. The summed E-state index contributed by atoms with van der Waals surface area (Å²) in [5.41, 5.74) is 6.28. The average Bonchev–Trinajstić information content (AvgIpc) is 3.29. The molecule has 1 atom stereocenters. The molecule has 1 heterocycles. The fourth-order valence-electron chi connectivity index (χ4n) is 3.38. The van der Waals surface area contributed by atoms with Crippen LogP contribution in [-0.4, -0.2) is 17.8 Å². The monoisotopic (exact) mass is 379 g/mol. The van der Waals surface area contributed by atoms with Gasteiger partial charge in [0.25, 0.3) is 0 Å². The quantitative estimate of drug-likeness (QED) is 0.519. The van der Waals surface area contributed by atoms with Gasteiger partial charge in [0.1, 0.15) is 0 Å². The van der Waals surface area contributed by atoms with E-state index in [1.165, 1.54) is 16.0 Å². The van der Waals surface area contributed by atoms with Gasteiger partial charge in [-0.3, -0.25) is 0 Å². The van der Waals surface area contributed by atoms with Crippen molar-refractivity contribution < 1.29 is 9.84 Å². The second-order valence-electron chi connectivity index (χ2n) is 7.01. The molecule has 1 N–H and O–H groups in total. The van der Waals surface area contributed by atoms with Crippen molar-refractivity contribution in [2.75, 3.05) is 6.61 Å². The van der Waals surface area contributed by atoms with Crippen molar-refractivity contribution >= 4 is 16.9 Å². The van der Waals surface area contributed by atoms with Gasteiger partial charge in [0.2, 0.25) is 0 Å². The first kappa shape index (κ1) is 19.6. The Balaban J connectivity index is 1.88. The normalized spacial score (nSPS) is 17.3. The van der Waals surface area contributed by atoms with Crippen LogP contribution in [-0.2, 0) is 11.2 Å². The fraction of sp³-hybridized carbons (Fsp3) is 0.348. The Bertz CT molecular complexity index is 915. The maximum Gasteiger partial charge on any atom is 0.0971 e. The number of allylic oxidation sites excluding steroid dienone is 3. The number of rotatable bonds is 6. The lowest BCUT2D eigenvalue weighted by molar-refractivity contribution is 0.0992. The fourth-order valence-corrected chi connectivity index (χ4v) is 4.35. The smallest absolute Gasteiger partial charge is 0.0971 e. The minimum Gasteiger partial charge on any atom is -0.388 e. The molecule has 4 heteroatoms. The molecule has 3 rings (SSSR count). The molecule has 0 saturated carbocycles. The third-order valence-corrected chi connectivity index (χ3v) is 5.76. The van der Waals surface area contributed by atoms with E-state index in [-0.39, 0.29) is 12.2 Å². The first-order valence-electron chi connectivity index (χ1n) is 9.31. The minimum absolute atomic E-state index is 0.0964. The summed E-state index contributed by atoms with van der Waals surface area (Å²) in [5, 5.41) is 21.7. The van der Waals surface area contributed by atoms with E-state index >= 15 is 0 Å². The Morgan fingerprint density at radius 1 is 1.44 bits per heavy atom. The van der Waals surface area contributed by atoms with E-state index in [0.717, 1.165) is 29.5 Å². The Morgan fingerprint density at radius 2 is 2.26 bits per heavy atom. The molecule has 0 spiro atoms. The van der Waals surface area contributed by atoms with Crippen LogP contribution in [0.2, 0.25) is 0 Å². The van der Waals surface area contributed by atoms with E-state index < -0.39 is 0 Å². The standard InChI is InChI=1S/C23H25NO2S/c1-4-17(10-16(12-24)13-26-15(2)3)18-11-23(27-14-18)21-7-5-6-20-19(21)8-9-22(20)25/h4-7,10-11,14-15,22,25H,8-9,13H2,1-3H3/b16-10-,17-4+.